The molecule has 4 N–H and O–H groups in total. The summed E-state index contributed by atoms with van der Waals surface area (Å²) in [6.07, 6.45) is 2.03. The molecule has 0 saturated carbocycles. The van der Waals surface area contributed by atoms with Gasteiger partial charge >= 0.3 is 5.69 Å². The van der Waals surface area contributed by atoms with Gasteiger partial charge in [0, 0.05) is 18.2 Å². The first kappa shape index (κ1) is 22.8. The van der Waals surface area contributed by atoms with Crippen LogP contribution in [-0.4, -0.2) is 50.8 Å². The van der Waals surface area contributed by atoms with Gasteiger partial charge in [0.05, 0.1) is 23.7 Å². The molecule has 1 aliphatic rings. The third-order valence-electron chi connectivity index (χ3n) is 5.28. The molecular formula is C19H22N6O7S. The Labute approximate surface area is 187 Å². The molecule has 1 aliphatic heterocycles. The number of nitrogens with one attached hydrogen (secondary N) is 1. The molecule has 2 aromatic heterocycles. The summed E-state index contributed by atoms with van der Waals surface area (Å²) in [4.78, 5) is 26.0. The van der Waals surface area contributed by atoms with E-state index in [0.717, 1.165) is 0 Å². The number of aliphatic hydroxyl groups is 1. The summed E-state index contributed by atoms with van der Waals surface area (Å²) in [6.45, 7) is 1.34. The fourth-order valence-corrected chi connectivity index (χ4v) is 4.07. The summed E-state index contributed by atoms with van der Waals surface area (Å²) in [6, 6.07) is 5.22. The Morgan fingerprint density at radius 1 is 1.27 bits per heavy atom. The van der Waals surface area contributed by atoms with E-state index in [-0.39, 0.29) is 18.1 Å². The van der Waals surface area contributed by atoms with Crippen LogP contribution in [0.1, 0.15) is 29.9 Å². The first-order chi connectivity index (χ1) is 15.7. The second-order valence-corrected chi connectivity index (χ2v) is 9.15. The molecule has 1 saturated heterocycles. The molecule has 3 atom stereocenters. The standard InChI is InChI=1S/C19H22N6O7S/c1-11-7-24(19(28)21-18(11)27)17-6-15(16(9-26)32-17)25-8-12(22-23-25)10-31-13-2-4-14(5-3-13)33(20,29)30/h2-5,7-8,15-17,26H,6,9-10H2,1H3,(H2,20,29,30)(H,21,27,28)/t15-,16+,17+/m0/s1. The normalized spacial score (nSPS) is 20.8. The van der Waals surface area contributed by atoms with Crippen molar-refractivity contribution in [1.82, 2.24) is 24.5 Å². The maximum atomic E-state index is 12.2. The number of H-pyrrole nitrogens is 1. The Morgan fingerprint density at radius 2 is 2.00 bits per heavy atom. The van der Waals surface area contributed by atoms with Gasteiger partial charge in [0.25, 0.3) is 5.56 Å². The van der Waals surface area contributed by atoms with Crippen LogP contribution in [0.15, 0.2) is 51.1 Å². The largest absolute Gasteiger partial charge is 0.487 e. The van der Waals surface area contributed by atoms with Gasteiger partial charge in [0.2, 0.25) is 10.0 Å². The predicted molar refractivity (Wildman–Crippen MR) is 113 cm³/mol. The summed E-state index contributed by atoms with van der Waals surface area (Å²) >= 11 is 0. The summed E-state index contributed by atoms with van der Waals surface area (Å²) in [5.74, 6) is 0.419. The number of aromatic amines is 1. The Balaban J connectivity index is 1.45. The van der Waals surface area contributed by atoms with Crippen molar-refractivity contribution in [3.05, 3.63) is 68.8 Å². The van der Waals surface area contributed by atoms with Gasteiger partial charge in [-0.15, -0.1) is 5.10 Å². The smallest absolute Gasteiger partial charge is 0.330 e. The number of nitrogens with zero attached hydrogens (tertiary/aromatic N) is 4. The van der Waals surface area contributed by atoms with Gasteiger partial charge in [-0.05, 0) is 31.2 Å². The lowest BCUT2D eigenvalue weighted by Crippen LogP contribution is -2.33. The molecule has 1 fully saturated rings. The number of primary sulfonamides is 1. The molecule has 14 heteroatoms. The molecule has 1 aromatic carbocycles. The number of nitrogens with two attached hydrogens (primary N) is 1. The number of sulfonamides is 1. The van der Waals surface area contributed by atoms with Gasteiger partial charge in [0.1, 0.15) is 30.4 Å². The molecule has 3 aromatic rings. The van der Waals surface area contributed by atoms with Crippen molar-refractivity contribution in [1.29, 1.82) is 0 Å². The van der Waals surface area contributed by atoms with Gasteiger partial charge in [0.15, 0.2) is 0 Å². The average Bonchev–Trinajstić information content (AvgIpc) is 3.41. The molecule has 3 heterocycles. The van der Waals surface area contributed by atoms with Crippen LogP contribution in [0.3, 0.4) is 0 Å². The number of benzene rings is 1. The molecule has 33 heavy (non-hydrogen) atoms. The van der Waals surface area contributed by atoms with Gasteiger partial charge in [-0.1, -0.05) is 5.21 Å². The zero-order chi connectivity index (χ0) is 23.8. The number of ether oxygens (including phenoxy) is 2. The monoisotopic (exact) mass is 478 g/mol. The van der Waals surface area contributed by atoms with E-state index in [0.29, 0.717) is 23.4 Å². The predicted octanol–water partition coefficient (Wildman–Crippen LogP) is -0.816. The van der Waals surface area contributed by atoms with Crippen LogP contribution in [0.25, 0.3) is 0 Å². The maximum Gasteiger partial charge on any atom is 0.330 e. The Hall–Kier alpha value is -3.33. The fraction of sp³-hybridized carbons (Fsp3) is 0.368. The molecule has 0 radical (unpaired) electrons. The zero-order valence-electron chi connectivity index (χ0n) is 17.5. The summed E-state index contributed by atoms with van der Waals surface area (Å²) in [5.41, 5.74) is -0.221. The van der Waals surface area contributed by atoms with E-state index in [1.165, 1.54) is 39.7 Å². The van der Waals surface area contributed by atoms with Crippen LogP contribution < -0.4 is 21.1 Å². The van der Waals surface area contributed by atoms with E-state index in [1.807, 2.05) is 0 Å². The van der Waals surface area contributed by atoms with Crippen LogP contribution in [0.2, 0.25) is 0 Å². The number of rotatable bonds is 7. The van der Waals surface area contributed by atoms with Crippen LogP contribution in [0.5, 0.6) is 5.75 Å². The summed E-state index contributed by atoms with van der Waals surface area (Å²) < 4.78 is 36.9. The van der Waals surface area contributed by atoms with E-state index in [2.05, 4.69) is 15.3 Å². The minimum absolute atomic E-state index is 0.0246. The molecule has 176 valence electrons. The van der Waals surface area contributed by atoms with E-state index in [4.69, 9.17) is 14.6 Å². The SMILES string of the molecule is Cc1cn([C@H]2C[C@H](n3cc(COc4ccc(S(N)(=O)=O)cc4)nn3)[C@@H](CO)O2)c(=O)[nH]c1=O. The maximum absolute atomic E-state index is 12.2. The van der Waals surface area contributed by atoms with Gasteiger partial charge in [-0.2, -0.15) is 0 Å². The highest BCUT2D eigenvalue weighted by Gasteiger charge is 2.38. The Bertz CT molecular complexity index is 1360. The van der Waals surface area contributed by atoms with Crippen molar-refractivity contribution in [2.24, 2.45) is 5.14 Å². The summed E-state index contributed by atoms with van der Waals surface area (Å²) in [7, 11) is -3.78. The van der Waals surface area contributed by atoms with E-state index in [1.54, 1.807) is 13.1 Å². The van der Waals surface area contributed by atoms with Crippen molar-refractivity contribution >= 4 is 10.0 Å². The van der Waals surface area contributed by atoms with Gasteiger partial charge in [-0.3, -0.25) is 14.3 Å². The minimum Gasteiger partial charge on any atom is -0.487 e. The van der Waals surface area contributed by atoms with Crippen molar-refractivity contribution < 1.29 is 23.0 Å². The first-order valence-corrected chi connectivity index (χ1v) is 11.4. The topological polar surface area (TPSA) is 184 Å². The lowest BCUT2D eigenvalue weighted by atomic mass is 10.1. The Kier molecular flexibility index (Phi) is 6.16. The number of aromatic nitrogens is 5. The lowest BCUT2D eigenvalue weighted by molar-refractivity contribution is -0.0323. The van der Waals surface area contributed by atoms with Gasteiger partial charge in [-0.25, -0.2) is 23.0 Å². The molecule has 0 spiro atoms. The molecule has 0 unspecified atom stereocenters. The van der Waals surface area contributed by atoms with Gasteiger partial charge < -0.3 is 14.6 Å². The van der Waals surface area contributed by atoms with Crippen LogP contribution in [-0.2, 0) is 21.4 Å². The van der Waals surface area contributed by atoms with E-state index in [9.17, 15) is 23.1 Å². The second kappa shape index (κ2) is 8.90. The minimum atomic E-state index is -3.78. The quantitative estimate of drug-likeness (QED) is 0.390. The first-order valence-electron chi connectivity index (χ1n) is 9.90. The third kappa shape index (κ3) is 4.88. The highest BCUT2D eigenvalue weighted by atomic mass is 32.2. The highest BCUT2D eigenvalue weighted by molar-refractivity contribution is 7.89. The van der Waals surface area contributed by atoms with Crippen molar-refractivity contribution in [2.75, 3.05) is 6.61 Å². The van der Waals surface area contributed by atoms with Crippen LogP contribution in [0, 0.1) is 6.92 Å². The fourth-order valence-electron chi connectivity index (χ4n) is 3.55. The van der Waals surface area contributed by atoms with Crippen molar-refractivity contribution in [2.45, 2.75) is 43.2 Å². The number of aliphatic hydroxyl groups excluding tert-OH is 1. The number of hydrogen-bond acceptors (Lipinski definition) is 9. The van der Waals surface area contributed by atoms with E-state index < -0.39 is 39.6 Å². The zero-order valence-corrected chi connectivity index (χ0v) is 18.3. The van der Waals surface area contributed by atoms with Crippen molar-refractivity contribution in [3.8, 4) is 5.75 Å². The van der Waals surface area contributed by atoms with Crippen molar-refractivity contribution in [3.63, 3.8) is 0 Å². The molecule has 0 aliphatic carbocycles. The molecule has 0 amide bonds. The molecule has 13 nitrogen and oxygen atoms in total. The second-order valence-electron chi connectivity index (χ2n) is 7.59. The molecular weight excluding hydrogens is 456 g/mol. The van der Waals surface area contributed by atoms with Crippen LogP contribution >= 0.6 is 0 Å². The number of hydrogen-bond donors (Lipinski definition) is 3. The number of aryl methyl sites for hydroxylation is 1. The summed E-state index contributed by atoms with van der Waals surface area (Å²) in [5, 5.41) is 23.0. The highest BCUT2D eigenvalue weighted by Crippen LogP contribution is 2.35. The average molecular weight is 478 g/mol. The molecule has 0 bridgehead atoms. The Morgan fingerprint density at radius 3 is 2.67 bits per heavy atom. The van der Waals surface area contributed by atoms with E-state index >= 15 is 0 Å². The van der Waals surface area contributed by atoms with Crippen LogP contribution in [0.4, 0.5) is 0 Å². The lowest BCUT2D eigenvalue weighted by Gasteiger charge is -2.15. The third-order valence-corrected chi connectivity index (χ3v) is 6.21. The molecule has 4 rings (SSSR count).